The third-order valence-electron chi connectivity index (χ3n) is 2.62. The van der Waals surface area contributed by atoms with E-state index >= 15 is 0 Å². The molecule has 0 saturated carbocycles. The number of benzene rings is 1. The van der Waals surface area contributed by atoms with Crippen LogP contribution in [0.4, 0.5) is 0 Å². The lowest BCUT2D eigenvalue weighted by atomic mass is 10.1. The van der Waals surface area contributed by atoms with E-state index in [1.54, 1.807) is 8.85 Å². The van der Waals surface area contributed by atoms with Crippen molar-refractivity contribution in [1.29, 1.82) is 5.26 Å². The van der Waals surface area contributed by atoms with Crippen LogP contribution in [0.5, 0.6) is 0 Å². The fourth-order valence-electron chi connectivity index (χ4n) is 1.83. The molecule has 0 radical (unpaired) electrons. The van der Waals surface area contributed by atoms with Crippen molar-refractivity contribution in [2.24, 2.45) is 5.73 Å². The number of nitriles is 1. The molecule has 0 aliphatic carbocycles. The standard InChI is InChI=1S/C12H10IN3O/c13-16-10-4-2-1-3-8(10)12(17)9(5-6-14)11(16)7-15/h1-4H,5-6,14H2. The zero-order chi connectivity index (χ0) is 12.4. The molecule has 0 aliphatic rings. The maximum absolute atomic E-state index is 12.2. The molecule has 1 aromatic carbocycles. The summed E-state index contributed by atoms with van der Waals surface area (Å²) in [6, 6.07) is 9.35. The zero-order valence-electron chi connectivity index (χ0n) is 8.98. The van der Waals surface area contributed by atoms with Crippen LogP contribution in [-0.2, 0) is 6.42 Å². The van der Waals surface area contributed by atoms with E-state index in [4.69, 9.17) is 11.0 Å². The third-order valence-corrected chi connectivity index (χ3v) is 3.62. The molecule has 0 spiro atoms. The average molecular weight is 339 g/mol. The number of hydrogen-bond donors (Lipinski definition) is 1. The molecule has 2 rings (SSSR count). The molecule has 17 heavy (non-hydrogen) atoms. The maximum Gasteiger partial charge on any atom is 0.194 e. The second-order valence-corrected chi connectivity index (χ2v) is 4.57. The number of pyridine rings is 1. The summed E-state index contributed by atoms with van der Waals surface area (Å²) in [7, 11) is 0. The van der Waals surface area contributed by atoms with Crippen molar-refractivity contribution in [3.63, 3.8) is 0 Å². The van der Waals surface area contributed by atoms with Crippen LogP contribution in [0.3, 0.4) is 0 Å². The summed E-state index contributed by atoms with van der Waals surface area (Å²) < 4.78 is 1.72. The van der Waals surface area contributed by atoms with Gasteiger partial charge in [0, 0.05) is 10.9 Å². The van der Waals surface area contributed by atoms with E-state index in [2.05, 4.69) is 6.07 Å². The molecule has 1 heterocycles. The minimum atomic E-state index is -0.0875. The Morgan fingerprint density at radius 2 is 2.12 bits per heavy atom. The summed E-state index contributed by atoms with van der Waals surface area (Å²) >= 11 is 2.04. The minimum absolute atomic E-state index is 0.0875. The van der Waals surface area contributed by atoms with Crippen molar-refractivity contribution in [2.45, 2.75) is 6.42 Å². The van der Waals surface area contributed by atoms with Gasteiger partial charge < -0.3 is 5.73 Å². The molecule has 0 fully saturated rings. The van der Waals surface area contributed by atoms with Crippen molar-refractivity contribution < 1.29 is 0 Å². The Morgan fingerprint density at radius 3 is 2.76 bits per heavy atom. The van der Waals surface area contributed by atoms with Crippen LogP contribution in [0.25, 0.3) is 10.9 Å². The van der Waals surface area contributed by atoms with E-state index in [1.807, 2.05) is 41.1 Å². The van der Waals surface area contributed by atoms with Gasteiger partial charge in [-0.1, -0.05) is 12.1 Å². The summed E-state index contributed by atoms with van der Waals surface area (Å²) in [5, 5.41) is 9.78. The molecule has 0 aliphatic heterocycles. The predicted molar refractivity (Wildman–Crippen MR) is 75.1 cm³/mol. The van der Waals surface area contributed by atoms with Crippen molar-refractivity contribution in [3.8, 4) is 6.07 Å². The van der Waals surface area contributed by atoms with Crippen LogP contribution in [0.1, 0.15) is 11.3 Å². The van der Waals surface area contributed by atoms with Gasteiger partial charge in [0.15, 0.2) is 5.43 Å². The first-order valence-electron chi connectivity index (χ1n) is 5.13. The topological polar surface area (TPSA) is 71.8 Å². The van der Waals surface area contributed by atoms with Gasteiger partial charge in [-0.25, -0.2) is 0 Å². The van der Waals surface area contributed by atoms with Gasteiger partial charge in [-0.2, -0.15) is 5.26 Å². The fraction of sp³-hybridized carbons (Fsp3) is 0.167. The van der Waals surface area contributed by atoms with Crippen molar-refractivity contribution in [2.75, 3.05) is 6.54 Å². The largest absolute Gasteiger partial charge is 0.330 e. The SMILES string of the molecule is N#Cc1c(CCN)c(=O)c2ccccc2n1I. The first-order valence-corrected chi connectivity index (χ1v) is 6.10. The molecule has 0 unspecified atom stereocenters. The highest BCUT2D eigenvalue weighted by Gasteiger charge is 2.14. The smallest absolute Gasteiger partial charge is 0.194 e. The van der Waals surface area contributed by atoms with Gasteiger partial charge in [0.05, 0.1) is 28.4 Å². The number of aromatic nitrogens is 1. The molecule has 2 N–H and O–H groups in total. The predicted octanol–water partition coefficient (Wildman–Crippen LogP) is 1.57. The van der Waals surface area contributed by atoms with Gasteiger partial charge in [-0.15, -0.1) is 0 Å². The Bertz CT molecular complexity index is 670. The van der Waals surface area contributed by atoms with Crippen LogP contribution in [-0.4, -0.2) is 9.33 Å². The van der Waals surface area contributed by atoms with Gasteiger partial charge in [0.25, 0.3) is 0 Å². The van der Waals surface area contributed by atoms with E-state index in [1.165, 1.54) is 0 Å². The Hall–Kier alpha value is -1.39. The molecule has 0 amide bonds. The lowest BCUT2D eigenvalue weighted by molar-refractivity contribution is 0.945. The normalized spacial score (nSPS) is 10.4. The van der Waals surface area contributed by atoms with Crippen LogP contribution < -0.4 is 11.2 Å². The second-order valence-electron chi connectivity index (χ2n) is 3.60. The van der Waals surface area contributed by atoms with Crippen LogP contribution in [0.2, 0.25) is 0 Å². The second kappa shape index (κ2) is 4.85. The van der Waals surface area contributed by atoms with Gasteiger partial charge in [0.1, 0.15) is 11.8 Å². The molecule has 0 bridgehead atoms. The Morgan fingerprint density at radius 1 is 1.41 bits per heavy atom. The van der Waals surface area contributed by atoms with Crippen LogP contribution in [0, 0.1) is 11.3 Å². The average Bonchev–Trinajstić information content (AvgIpc) is 2.36. The van der Waals surface area contributed by atoms with Crippen LogP contribution in [0.15, 0.2) is 29.1 Å². The van der Waals surface area contributed by atoms with E-state index in [9.17, 15) is 4.79 Å². The van der Waals surface area contributed by atoms with Crippen molar-refractivity contribution in [3.05, 3.63) is 45.7 Å². The molecule has 5 heteroatoms. The lowest BCUT2D eigenvalue weighted by Gasteiger charge is -2.09. The monoisotopic (exact) mass is 339 g/mol. The number of rotatable bonds is 2. The highest BCUT2D eigenvalue weighted by Crippen LogP contribution is 2.18. The summed E-state index contributed by atoms with van der Waals surface area (Å²) in [6.07, 6.45) is 0.426. The zero-order valence-corrected chi connectivity index (χ0v) is 11.1. The molecule has 1 aromatic heterocycles. The Labute approximate surface area is 112 Å². The molecular formula is C12H10IN3O. The van der Waals surface area contributed by atoms with E-state index < -0.39 is 0 Å². The quantitative estimate of drug-likeness (QED) is 0.845. The number of fused-ring (bicyclic) bond motifs is 1. The maximum atomic E-state index is 12.2. The molecule has 0 saturated heterocycles. The van der Waals surface area contributed by atoms with Gasteiger partial charge in [-0.05, 0) is 25.1 Å². The number of nitrogens with zero attached hydrogens (tertiary/aromatic N) is 2. The van der Waals surface area contributed by atoms with E-state index in [0.717, 1.165) is 5.52 Å². The summed E-state index contributed by atoms with van der Waals surface area (Å²) in [5.41, 5.74) is 7.05. The molecular weight excluding hydrogens is 329 g/mol. The Kier molecular flexibility index (Phi) is 3.45. The fourth-order valence-corrected chi connectivity index (χ4v) is 2.65. The van der Waals surface area contributed by atoms with Gasteiger partial charge in [0.2, 0.25) is 0 Å². The van der Waals surface area contributed by atoms with Gasteiger partial charge in [-0.3, -0.25) is 7.58 Å². The summed E-state index contributed by atoms with van der Waals surface area (Å²) in [4.78, 5) is 12.2. The Balaban J connectivity index is 2.95. The first-order chi connectivity index (χ1) is 8.20. The van der Waals surface area contributed by atoms with Crippen molar-refractivity contribution in [1.82, 2.24) is 2.78 Å². The number of para-hydroxylation sites is 1. The van der Waals surface area contributed by atoms with Crippen LogP contribution >= 0.6 is 22.9 Å². The number of hydrogen-bond acceptors (Lipinski definition) is 3. The van der Waals surface area contributed by atoms with Gasteiger partial charge >= 0.3 is 0 Å². The number of nitrogens with two attached hydrogens (primary N) is 1. The highest BCUT2D eigenvalue weighted by molar-refractivity contribution is 14.1. The first kappa shape index (κ1) is 12.1. The molecule has 0 atom stereocenters. The molecule has 2 aromatic rings. The minimum Gasteiger partial charge on any atom is -0.330 e. The highest BCUT2D eigenvalue weighted by atomic mass is 127. The molecule has 4 nitrogen and oxygen atoms in total. The van der Waals surface area contributed by atoms with E-state index in [0.29, 0.717) is 29.6 Å². The summed E-state index contributed by atoms with van der Waals surface area (Å²) in [5.74, 6) is 0. The third kappa shape index (κ3) is 1.94. The summed E-state index contributed by atoms with van der Waals surface area (Å²) in [6.45, 7) is 0.360. The number of halogens is 1. The molecule has 86 valence electrons. The lowest BCUT2D eigenvalue weighted by Crippen LogP contribution is -2.19. The van der Waals surface area contributed by atoms with E-state index in [-0.39, 0.29) is 5.43 Å². The van der Waals surface area contributed by atoms with Crippen molar-refractivity contribution >= 4 is 33.8 Å².